The summed E-state index contributed by atoms with van der Waals surface area (Å²) in [6.07, 6.45) is 3.72. The Morgan fingerprint density at radius 3 is 2.78 bits per heavy atom. The number of hydrogen-bond acceptors (Lipinski definition) is 2. The van der Waals surface area contributed by atoms with Crippen molar-refractivity contribution in [1.82, 2.24) is 10.3 Å². The number of nitrogens with one attached hydrogen (secondary N) is 1. The second-order valence-corrected chi connectivity index (χ2v) is 5.16. The molecule has 94 valence electrons. The number of hydrogen-bond donors (Lipinski definition) is 1. The van der Waals surface area contributed by atoms with E-state index in [0.29, 0.717) is 0 Å². The highest BCUT2D eigenvalue weighted by Gasteiger charge is 2.15. The van der Waals surface area contributed by atoms with E-state index in [1.807, 2.05) is 12.3 Å². The molecule has 0 amide bonds. The van der Waals surface area contributed by atoms with Crippen molar-refractivity contribution in [1.29, 1.82) is 0 Å². The monoisotopic (exact) mass is 304 g/mol. The summed E-state index contributed by atoms with van der Waals surface area (Å²) in [7, 11) is 0. The number of benzene rings is 1. The van der Waals surface area contributed by atoms with Crippen molar-refractivity contribution in [3.05, 3.63) is 63.9 Å². The fourth-order valence-electron chi connectivity index (χ4n) is 2.02. The predicted octanol–water partition coefficient (Wildman–Crippen LogP) is 3.85. The number of aromatic nitrogens is 1. The zero-order valence-corrected chi connectivity index (χ0v) is 12.2. The maximum absolute atomic E-state index is 4.21. The Kier molecular flexibility index (Phi) is 4.50. The summed E-state index contributed by atoms with van der Waals surface area (Å²) < 4.78 is 1.14. The Hall–Kier alpha value is -1.19. The van der Waals surface area contributed by atoms with Gasteiger partial charge in [-0.05, 0) is 42.3 Å². The third-order valence-corrected chi connectivity index (χ3v) is 3.58. The van der Waals surface area contributed by atoms with Crippen LogP contribution in [-0.4, -0.2) is 11.5 Å². The molecule has 2 aromatic rings. The van der Waals surface area contributed by atoms with Crippen molar-refractivity contribution in [3.8, 4) is 0 Å². The van der Waals surface area contributed by atoms with Crippen LogP contribution in [0.15, 0.2) is 47.2 Å². The molecule has 0 fully saturated rings. The van der Waals surface area contributed by atoms with E-state index in [9.17, 15) is 0 Å². The highest BCUT2D eigenvalue weighted by molar-refractivity contribution is 9.10. The Balaban J connectivity index is 2.41. The molecule has 1 aromatic heterocycles. The molecular formula is C15H17BrN2. The number of pyridine rings is 1. The molecule has 0 bridgehead atoms. The zero-order valence-electron chi connectivity index (χ0n) is 10.7. The summed E-state index contributed by atoms with van der Waals surface area (Å²) >= 11 is 3.65. The van der Waals surface area contributed by atoms with Gasteiger partial charge in [-0.1, -0.05) is 41.1 Å². The summed E-state index contributed by atoms with van der Waals surface area (Å²) in [5.74, 6) is 0. The van der Waals surface area contributed by atoms with Gasteiger partial charge in [-0.2, -0.15) is 0 Å². The lowest BCUT2D eigenvalue weighted by atomic mass is 9.99. The van der Waals surface area contributed by atoms with Crippen molar-refractivity contribution >= 4 is 15.9 Å². The van der Waals surface area contributed by atoms with Crippen molar-refractivity contribution in [3.63, 3.8) is 0 Å². The first-order valence-electron chi connectivity index (χ1n) is 6.11. The molecule has 1 aromatic carbocycles. The number of halogens is 1. The topological polar surface area (TPSA) is 24.9 Å². The Morgan fingerprint density at radius 1 is 1.33 bits per heavy atom. The molecule has 0 aliphatic heterocycles. The van der Waals surface area contributed by atoms with E-state index in [0.717, 1.165) is 11.0 Å². The van der Waals surface area contributed by atoms with Crippen molar-refractivity contribution < 1.29 is 0 Å². The highest BCUT2D eigenvalue weighted by atomic mass is 79.9. The fourth-order valence-corrected chi connectivity index (χ4v) is 2.75. The standard InChI is InChI=1S/C15H17BrN2/c1-3-18-15(12-5-4-8-17-10-12)13-7-6-11(2)9-14(13)16/h4-10,15,18H,3H2,1-2H3. The molecule has 1 atom stereocenters. The second-order valence-electron chi connectivity index (χ2n) is 4.30. The second kappa shape index (κ2) is 6.12. The molecule has 1 unspecified atom stereocenters. The molecule has 2 rings (SSSR count). The van der Waals surface area contributed by atoms with E-state index in [4.69, 9.17) is 0 Å². The van der Waals surface area contributed by atoms with Crippen LogP contribution < -0.4 is 5.32 Å². The minimum Gasteiger partial charge on any atom is -0.306 e. The molecule has 0 aliphatic rings. The molecule has 0 saturated carbocycles. The number of nitrogens with zero attached hydrogens (tertiary/aromatic N) is 1. The van der Waals surface area contributed by atoms with Crippen LogP contribution in [0.5, 0.6) is 0 Å². The molecule has 0 radical (unpaired) electrons. The average Bonchev–Trinajstić information content (AvgIpc) is 2.38. The van der Waals surface area contributed by atoms with Gasteiger partial charge in [0.25, 0.3) is 0 Å². The highest BCUT2D eigenvalue weighted by Crippen LogP contribution is 2.28. The van der Waals surface area contributed by atoms with Gasteiger partial charge in [-0.15, -0.1) is 0 Å². The fraction of sp³-hybridized carbons (Fsp3) is 0.267. The average molecular weight is 305 g/mol. The van der Waals surface area contributed by atoms with Crippen LogP contribution in [-0.2, 0) is 0 Å². The molecule has 2 nitrogen and oxygen atoms in total. The van der Waals surface area contributed by atoms with Crippen LogP contribution in [0.25, 0.3) is 0 Å². The molecule has 3 heteroatoms. The Morgan fingerprint density at radius 2 is 2.17 bits per heavy atom. The largest absolute Gasteiger partial charge is 0.306 e. The predicted molar refractivity (Wildman–Crippen MR) is 78.6 cm³/mol. The lowest BCUT2D eigenvalue weighted by Crippen LogP contribution is -2.22. The summed E-state index contributed by atoms with van der Waals surface area (Å²) in [5, 5.41) is 3.51. The van der Waals surface area contributed by atoms with Gasteiger partial charge in [0.05, 0.1) is 6.04 Å². The molecule has 0 spiro atoms. The van der Waals surface area contributed by atoms with Gasteiger partial charge in [0, 0.05) is 16.9 Å². The summed E-state index contributed by atoms with van der Waals surface area (Å²) in [6.45, 7) is 5.13. The van der Waals surface area contributed by atoms with Crippen LogP contribution >= 0.6 is 15.9 Å². The third kappa shape index (κ3) is 2.98. The Labute approximate surface area is 117 Å². The lowest BCUT2D eigenvalue weighted by molar-refractivity contribution is 0.626. The van der Waals surface area contributed by atoms with E-state index in [1.54, 1.807) is 6.20 Å². The molecule has 0 saturated heterocycles. The minimum absolute atomic E-state index is 0.179. The van der Waals surface area contributed by atoms with Crippen LogP contribution in [0, 0.1) is 6.92 Å². The van der Waals surface area contributed by atoms with Gasteiger partial charge >= 0.3 is 0 Å². The van der Waals surface area contributed by atoms with E-state index in [-0.39, 0.29) is 6.04 Å². The van der Waals surface area contributed by atoms with Gasteiger partial charge in [0.2, 0.25) is 0 Å². The van der Waals surface area contributed by atoms with Gasteiger partial charge in [0.15, 0.2) is 0 Å². The summed E-state index contributed by atoms with van der Waals surface area (Å²) in [5.41, 5.74) is 3.69. The van der Waals surface area contributed by atoms with Crippen LogP contribution in [0.1, 0.15) is 29.7 Å². The Bertz CT molecular complexity index is 511. The molecule has 1 N–H and O–H groups in total. The van der Waals surface area contributed by atoms with E-state index in [1.165, 1.54) is 16.7 Å². The molecule has 0 aliphatic carbocycles. The first-order chi connectivity index (χ1) is 8.72. The first kappa shape index (κ1) is 13.2. The van der Waals surface area contributed by atoms with Crippen molar-refractivity contribution in [2.75, 3.05) is 6.54 Å². The quantitative estimate of drug-likeness (QED) is 0.928. The van der Waals surface area contributed by atoms with Gasteiger partial charge < -0.3 is 5.32 Å². The van der Waals surface area contributed by atoms with E-state index >= 15 is 0 Å². The maximum atomic E-state index is 4.21. The molecular weight excluding hydrogens is 288 g/mol. The third-order valence-electron chi connectivity index (χ3n) is 2.89. The smallest absolute Gasteiger partial charge is 0.0603 e. The van der Waals surface area contributed by atoms with Crippen molar-refractivity contribution in [2.45, 2.75) is 19.9 Å². The van der Waals surface area contributed by atoms with Gasteiger partial charge in [-0.3, -0.25) is 4.98 Å². The molecule has 1 heterocycles. The van der Waals surface area contributed by atoms with Crippen LogP contribution in [0.3, 0.4) is 0 Å². The number of aryl methyl sites for hydroxylation is 1. The van der Waals surface area contributed by atoms with Crippen LogP contribution in [0.2, 0.25) is 0 Å². The van der Waals surface area contributed by atoms with E-state index in [2.05, 4.69) is 64.3 Å². The SMILES string of the molecule is CCNC(c1cccnc1)c1ccc(C)cc1Br. The number of rotatable bonds is 4. The van der Waals surface area contributed by atoms with Crippen LogP contribution in [0.4, 0.5) is 0 Å². The summed E-state index contributed by atoms with van der Waals surface area (Å²) in [6, 6.07) is 10.7. The lowest BCUT2D eigenvalue weighted by Gasteiger charge is -2.20. The normalized spacial score (nSPS) is 12.4. The minimum atomic E-state index is 0.179. The molecule has 18 heavy (non-hydrogen) atoms. The summed E-state index contributed by atoms with van der Waals surface area (Å²) in [4.78, 5) is 4.21. The van der Waals surface area contributed by atoms with Gasteiger partial charge in [-0.25, -0.2) is 0 Å². The first-order valence-corrected chi connectivity index (χ1v) is 6.91. The maximum Gasteiger partial charge on any atom is 0.0603 e. The zero-order chi connectivity index (χ0) is 13.0. The van der Waals surface area contributed by atoms with Crippen molar-refractivity contribution in [2.24, 2.45) is 0 Å². The van der Waals surface area contributed by atoms with E-state index < -0.39 is 0 Å². The van der Waals surface area contributed by atoms with Gasteiger partial charge in [0.1, 0.15) is 0 Å².